The summed E-state index contributed by atoms with van der Waals surface area (Å²) < 4.78 is 5.67. The van der Waals surface area contributed by atoms with Gasteiger partial charge in [-0.25, -0.2) is 0 Å². The number of alkyl halides is 1. The van der Waals surface area contributed by atoms with Gasteiger partial charge in [-0.3, -0.25) is 28.8 Å². The first kappa shape index (κ1) is 49.4. The van der Waals surface area contributed by atoms with E-state index in [9.17, 15) is 28.8 Å². The van der Waals surface area contributed by atoms with E-state index in [1.54, 1.807) is 12.1 Å². The largest absolute Gasteiger partial charge is 0.473 e. The number of nitrogens with zero attached hydrogens (tertiary/aromatic N) is 4. The number of halogens is 7. The Labute approximate surface area is 399 Å². The maximum Gasteiger partial charge on any atom is 0.258 e. The fourth-order valence-electron chi connectivity index (χ4n) is 5.28. The normalized spacial score (nSPS) is 12.6. The summed E-state index contributed by atoms with van der Waals surface area (Å²) in [4.78, 5) is 78.0. The number of amides is 4. The highest BCUT2D eigenvalue weighted by molar-refractivity contribution is 6.43. The second-order valence-electron chi connectivity index (χ2n) is 13.3. The van der Waals surface area contributed by atoms with Gasteiger partial charge in [0.2, 0.25) is 12.1 Å². The molecule has 64 heavy (non-hydrogen) atoms. The summed E-state index contributed by atoms with van der Waals surface area (Å²) in [7, 11) is 0. The molecule has 15 nitrogen and oxygen atoms in total. The molecule has 0 spiro atoms. The monoisotopic (exact) mass is 1000 g/mol. The van der Waals surface area contributed by atoms with Crippen molar-refractivity contribution in [2.45, 2.75) is 38.4 Å². The van der Waals surface area contributed by atoms with Gasteiger partial charge in [0.05, 0.1) is 35.8 Å². The van der Waals surface area contributed by atoms with Gasteiger partial charge in [0.1, 0.15) is 17.1 Å². The smallest absolute Gasteiger partial charge is 0.258 e. The molecular formula is C42H31Cl7N8O7. The zero-order chi connectivity index (χ0) is 46.8. The van der Waals surface area contributed by atoms with E-state index < -0.39 is 52.8 Å². The SMILES string of the molecule is CC(=O)C(N=Nc1cc(C(=O)Nc2ccc(Cl)c(Cl)c2)ccc1Cl)C(=O)Nc1ccc(NC(=O)C(N=Nc2cc(C(=O)Nc3ccc(Cl)c(Cl)c3)ccc2Cl)C(C)=O)c(OC(C)Cl)c1. The lowest BCUT2D eigenvalue weighted by Gasteiger charge is -2.17. The number of carbonyl (C=O) groups excluding carboxylic acids is 6. The topological polar surface area (TPSA) is 209 Å². The highest BCUT2D eigenvalue weighted by atomic mass is 35.5. The molecule has 330 valence electrons. The third-order valence-corrected chi connectivity index (χ3v) is 10.6. The van der Waals surface area contributed by atoms with Crippen molar-refractivity contribution in [3.8, 4) is 5.75 Å². The van der Waals surface area contributed by atoms with Crippen LogP contribution in [0.3, 0.4) is 0 Å². The number of nitrogens with one attached hydrogen (secondary N) is 4. The third kappa shape index (κ3) is 13.4. The summed E-state index contributed by atoms with van der Waals surface area (Å²) in [6, 6.07) is 18.0. The number of ether oxygens (including phenoxy) is 1. The standard InChI is InChI=1S/C42H31Cl7N8O7/c1-19(58)37(56-54-34-14-22(4-9-29(34)46)39(60)50-24-6-11-27(44)31(48)16-24)41(62)52-26-8-13-33(36(18-26)64-21(3)43)53-42(63)38(20(2)59)57-55-35-15-23(5-10-30(35)47)40(61)51-25-7-12-28(45)32(49)17-25/h4-18,21,37-38H,1-3H3,(H,50,60)(H,51,61)(H,52,62)(H,53,63). The number of anilines is 4. The number of carbonyl (C=O) groups is 6. The molecular weight excluding hydrogens is 977 g/mol. The number of benzene rings is 5. The van der Waals surface area contributed by atoms with Crippen LogP contribution < -0.4 is 26.0 Å². The van der Waals surface area contributed by atoms with Crippen LogP contribution in [0.1, 0.15) is 41.5 Å². The van der Waals surface area contributed by atoms with Gasteiger partial charge in [-0.1, -0.05) is 81.2 Å². The van der Waals surface area contributed by atoms with Gasteiger partial charge in [0, 0.05) is 34.3 Å². The predicted octanol–water partition coefficient (Wildman–Crippen LogP) is 12.4. The van der Waals surface area contributed by atoms with Crippen LogP contribution in [0.25, 0.3) is 0 Å². The third-order valence-electron chi connectivity index (χ3n) is 8.40. The van der Waals surface area contributed by atoms with E-state index in [-0.39, 0.29) is 59.7 Å². The van der Waals surface area contributed by atoms with Crippen molar-refractivity contribution in [1.82, 2.24) is 0 Å². The van der Waals surface area contributed by atoms with Gasteiger partial charge in [-0.15, -0.1) is 0 Å². The lowest BCUT2D eigenvalue weighted by molar-refractivity contribution is -0.127. The molecule has 4 N–H and O–H groups in total. The number of hydrogen-bond donors (Lipinski definition) is 4. The molecule has 0 aromatic heterocycles. The van der Waals surface area contributed by atoms with E-state index in [4.69, 9.17) is 85.9 Å². The predicted molar refractivity (Wildman–Crippen MR) is 249 cm³/mol. The Morgan fingerprint density at radius 1 is 0.500 bits per heavy atom. The van der Waals surface area contributed by atoms with E-state index >= 15 is 0 Å². The average molecular weight is 1010 g/mol. The maximum absolute atomic E-state index is 13.5. The molecule has 5 aromatic rings. The Kier molecular flexibility index (Phi) is 17.2. The second kappa shape index (κ2) is 22.3. The number of rotatable bonds is 16. The zero-order valence-corrected chi connectivity index (χ0v) is 38.5. The van der Waals surface area contributed by atoms with Crippen LogP contribution >= 0.6 is 81.2 Å². The van der Waals surface area contributed by atoms with Crippen molar-refractivity contribution in [3.63, 3.8) is 0 Å². The van der Waals surface area contributed by atoms with Crippen LogP contribution in [0.2, 0.25) is 30.1 Å². The molecule has 3 unspecified atom stereocenters. The summed E-state index contributed by atoms with van der Waals surface area (Å²) in [6.45, 7) is 3.72. The Morgan fingerprint density at radius 3 is 1.33 bits per heavy atom. The Morgan fingerprint density at radius 2 is 0.906 bits per heavy atom. The maximum atomic E-state index is 13.5. The molecule has 0 radical (unpaired) electrons. The number of ketones is 2. The minimum Gasteiger partial charge on any atom is -0.473 e. The highest BCUT2D eigenvalue weighted by Crippen LogP contribution is 2.33. The Bertz CT molecular complexity index is 2740. The Hall–Kier alpha value is -5.65. The van der Waals surface area contributed by atoms with Crippen LogP contribution in [-0.4, -0.2) is 52.8 Å². The number of azo groups is 2. The summed E-state index contributed by atoms with van der Waals surface area (Å²) in [5.74, 6) is -4.39. The van der Waals surface area contributed by atoms with E-state index in [1.165, 1.54) is 85.8 Å². The lowest BCUT2D eigenvalue weighted by atomic mass is 10.1. The van der Waals surface area contributed by atoms with E-state index in [1.807, 2.05) is 0 Å². The minimum absolute atomic E-state index is 0.0106. The first-order valence-corrected chi connectivity index (χ1v) is 21.0. The van der Waals surface area contributed by atoms with Crippen molar-refractivity contribution in [3.05, 3.63) is 132 Å². The molecule has 22 heteroatoms. The van der Waals surface area contributed by atoms with Crippen LogP contribution in [0.4, 0.5) is 34.1 Å². The van der Waals surface area contributed by atoms with Crippen molar-refractivity contribution in [2.75, 3.05) is 21.3 Å². The van der Waals surface area contributed by atoms with E-state index in [0.29, 0.717) is 21.4 Å². The molecule has 0 saturated carbocycles. The molecule has 4 amide bonds. The van der Waals surface area contributed by atoms with Crippen LogP contribution in [0.15, 0.2) is 111 Å². The second-order valence-corrected chi connectivity index (χ2v) is 16.4. The molecule has 5 rings (SSSR count). The summed E-state index contributed by atoms with van der Waals surface area (Å²) in [5, 5.41) is 27.5. The van der Waals surface area contributed by atoms with Crippen LogP contribution in [-0.2, 0) is 19.2 Å². The highest BCUT2D eigenvalue weighted by Gasteiger charge is 2.27. The molecule has 3 atom stereocenters. The molecule has 0 aliphatic carbocycles. The molecule has 0 fully saturated rings. The van der Waals surface area contributed by atoms with E-state index in [0.717, 1.165) is 13.8 Å². The van der Waals surface area contributed by atoms with Crippen LogP contribution in [0, 0.1) is 0 Å². The Balaban J connectivity index is 1.29. The van der Waals surface area contributed by atoms with Gasteiger partial charge in [-0.2, -0.15) is 20.5 Å². The molecule has 5 aromatic carbocycles. The molecule has 0 aliphatic heterocycles. The fourth-order valence-corrected chi connectivity index (χ4v) is 6.28. The van der Waals surface area contributed by atoms with Gasteiger partial charge in [0.25, 0.3) is 23.6 Å². The van der Waals surface area contributed by atoms with Gasteiger partial charge in [-0.05, 0) is 106 Å². The van der Waals surface area contributed by atoms with Crippen molar-refractivity contribution < 1.29 is 33.5 Å². The molecule has 0 saturated heterocycles. The van der Waals surface area contributed by atoms with E-state index in [2.05, 4.69) is 41.7 Å². The van der Waals surface area contributed by atoms with Gasteiger partial charge >= 0.3 is 0 Å². The number of hydrogen-bond acceptors (Lipinski definition) is 11. The molecule has 0 aliphatic rings. The first-order chi connectivity index (χ1) is 30.3. The van der Waals surface area contributed by atoms with Crippen molar-refractivity contribution in [2.24, 2.45) is 20.5 Å². The first-order valence-electron chi connectivity index (χ1n) is 18.3. The summed E-state index contributed by atoms with van der Waals surface area (Å²) in [5.41, 5.74) is 0.0722. The summed E-state index contributed by atoms with van der Waals surface area (Å²) in [6.07, 6.45) is 0. The van der Waals surface area contributed by atoms with Crippen molar-refractivity contribution in [1.29, 1.82) is 0 Å². The average Bonchev–Trinajstić information content (AvgIpc) is 3.22. The zero-order valence-electron chi connectivity index (χ0n) is 33.2. The number of Topliss-reactive ketones (excluding diaryl/α,β-unsaturated/α-hetero) is 2. The summed E-state index contributed by atoms with van der Waals surface area (Å²) >= 11 is 42.7. The van der Waals surface area contributed by atoms with Gasteiger partial charge < -0.3 is 26.0 Å². The quantitative estimate of drug-likeness (QED) is 0.0426. The minimum atomic E-state index is -1.70. The molecule has 0 bridgehead atoms. The lowest BCUT2D eigenvalue weighted by Crippen LogP contribution is -2.32. The van der Waals surface area contributed by atoms with Crippen molar-refractivity contribution >= 4 is 151 Å². The van der Waals surface area contributed by atoms with Crippen LogP contribution in [0.5, 0.6) is 5.75 Å². The fraction of sp³-hybridized carbons (Fsp3) is 0.143. The van der Waals surface area contributed by atoms with Gasteiger partial charge in [0.15, 0.2) is 17.1 Å². The molecule has 0 heterocycles.